The number of benzene rings is 1. The van der Waals surface area contributed by atoms with Gasteiger partial charge in [0.25, 0.3) is 0 Å². The van der Waals surface area contributed by atoms with Crippen LogP contribution in [0.15, 0.2) is 35.2 Å². The van der Waals surface area contributed by atoms with Crippen molar-refractivity contribution in [3.8, 4) is 0 Å². The molecule has 2 rings (SSSR count). The van der Waals surface area contributed by atoms with E-state index in [2.05, 4.69) is 4.72 Å². The molecule has 1 atom stereocenters. The van der Waals surface area contributed by atoms with Crippen molar-refractivity contribution in [1.29, 1.82) is 0 Å². The van der Waals surface area contributed by atoms with E-state index in [1.807, 2.05) is 0 Å². The molecule has 7 heteroatoms. The van der Waals surface area contributed by atoms with Crippen molar-refractivity contribution < 1.29 is 18.3 Å². The first-order valence-electron chi connectivity index (χ1n) is 5.99. The number of sulfonamides is 1. The fourth-order valence-electron chi connectivity index (χ4n) is 1.92. The van der Waals surface area contributed by atoms with E-state index >= 15 is 0 Å². The van der Waals surface area contributed by atoms with Gasteiger partial charge in [0.15, 0.2) is 0 Å². The quantitative estimate of drug-likeness (QED) is 0.784. The fraction of sp³-hybridized carbons (Fsp3) is 0.417. The van der Waals surface area contributed by atoms with Crippen molar-refractivity contribution in [3.05, 3.63) is 30.3 Å². The first-order valence-corrected chi connectivity index (χ1v) is 7.48. The van der Waals surface area contributed by atoms with Crippen molar-refractivity contribution >= 4 is 15.9 Å². The van der Waals surface area contributed by atoms with E-state index in [4.69, 9.17) is 0 Å². The van der Waals surface area contributed by atoms with Crippen LogP contribution in [0.5, 0.6) is 0 Å². The lowest BCUT2D eigenvalue weighted by atomic mass is 10.3. The molecule has 19 heavy (non-hydrogen) atoms. The highest BCUT2D eigenvalue weighted by molar-refractivity contribution is 7.89. The number of amides is 1. The van der Waals surface area contributed by atoms with Crippen LogP contribution in [-0.4, -0.2) is 50.1 Å². The first-order chi connectivity index (χ1) is 8.99. The molecule has 104 valence electrons. The van der Waals surface area contributed by atoms with Crippen molar-refractivity contribution in [2.45, 2.75) is 17.4 Å². The number of carbonyl (C=O) groups is 1. The Bertz CT molecular complexity index is 544. The van der Waals surface area contributed by atoms with Crippen molar-refractivity contribution in [2.75, 3.05) is 19.6 Å². The maximum atomic E-state index is 11.9. The van der Waals surface area contributed by atoms with Crippen LogP contribution < -0.4 is 4.72 Å². The van der Waals surface area contributed by atoms with Crippen LogP contribution in [0.1, 0.15) is 6.42 Å². The number of hydrogen-bond donors (Lipinski definition) is 2. The predicted molar refractivity (Wildman–Crippen MR) is 68.8 cm³/mol. The van der Waals surface area contributed by atoms with E-state index < -0.39 is 16.1 Å². The van der Waals surface area contributed by atoms with Crippen LogP contribution in [-0.2, 0) is 14.8 Å². The molecule has 0 aliphatic carbocycles. The summed E-state index contributed by atoms with van der Waals surface area (Å²) in [4.78, 5) is 13.3. The molecule has 1 aliphatic heterocycles. The molecule has 0 radical (unpaired) electrons. The molecule has 1 aliphatic rings. The highest BCUT2D eigenvalue weighted by Gasteiger charge is 2.25. The normalized spacial score (nSPS) is 19.6. The number of carbonyl (C=O) groups excluding carboxylic acids is 1. The molecule has 0 saturated carbocycles. The second kappa shape index (κ2) is 5.68. The largest absolute Gasteiger partial charge is 0.391 e. The average Bonchev–Trinajstić information content (AvgIpc) is 2.84. The number of rotatable bonds is 4. The first kappa shape index (κ1) is 14.0. The molecule has 1 fully saturated rings. The second-order valence-corrected chi connectivity index (χ2v) is 6.19. The van der Waals surface area contributed by atoms with Crippen LogP contribution >= 0.6 is 0 Å². The Hall–Kier alpha value is -1.44. The van der Waals surface area contributed by atoms with E-state index in [1.54, 1.807) is 18.2 Å². The van der Waals surface area contributed by atoms with Crippen LogP contribution in [0.2, 0.25) is 0 Å². The summed E-state index contributed by atoms with van der Waals surface area (Å²) in [6, 6.07) is 7.88. The minimum atomic E-state index is -3.66. The molecular weight excluding hydrogens is 268 g/mol. The molecule has 0 aromatic heterocycles. The van der Waals surface area contributed by atoms with Gasteiger partial charge in [-0.1, -0.05) is 18.2 Å². The number of nitrogens with zero attached hydrogens (tertiary/aromatic N) is 1. The zero-order valence-corrected chi connectivity index (χ0v) is 11.1. The zero-order chi connectivity index (χ0) is 13.9. The van der Waals surface area contributed by atoms with E-state index in [0.29, 0.717) is 13.0 Å². The highest BCUT2D eigenvalue weighted by Crippen LogP contribution is 2.10. The van der Waals surface area contributed by atoms with Crippen molar-refractivity contribution in [3.63, 3.8) is 0 Å². The van der Waals surface area contributed by atoms with Gasteiger partial charge < -0.3 is 10.0 Å². The maximum absolute atomic E-state index is 11.9. The van der Waals surface area contributed by atoms with Gasteiger partial charge in [0.1, 0.15) is 0 Å². The van der Waals surface area contributed by atoms with Crippen molar-refractivity contribution in [1.82, 2.24) is 9.62 Å². The van der Waals surface area contributed by atoms with Crippen LogP contribution in [0.25, 0.3) is 0 Å². The summed E-state index contributed by atoms with van der Waals surface area (Å²) < 4.78 is 26.0. The standard InChI is InChI=1S/C12H16N2O4S/c15-10-6-7-14(9-10)12(16)8-13-19(17,18)11-4-2-1-3-5-11/h1-5,10,13,15H,6-9H2/t10-/m1/s1. The molecule has 1 aromatic carbocycles. The molecule has 1 heterocycles. The van der Waals surface area contributed by atoms with E-state index in [1.165, 1.54) is 17.0 Å². The van der Waals surface area contributed by atoms with Gasteiger partial charge in [-0.2, -0.15) is 0 Å². The molecule has 2 N–H and O–H groups in total. The third kappa shape index (κ3) is 3.52. The Labute approximate surface area is 112 Å². The zero-order valence-electron chi connectivity index (χ0n) is 10.3. The number of aliphatic hydroxyl groups is 1. The lowest BCUT2D eigenvalue weighted by molar-refractivity contribution is -0.129. The van der Waals surface area contributed by atoms with Crippen LogP contribution in [0.4, 0.5) is 0 Å². The lowest BCUT2D eigenvalue weighted by Gasteiger charge is -2.15. The van der Waals surface area contributed by atoms with Gasteiger partial charge in [-0.15, -0.1) is 0 Å². The molecular formula is C12H16N2O4S. The average molecular weight is 284 g/mol. The van der Waals surface area contributed by atoms with Gasteiger partial charge in [-0.3, -0.25) is 4.79 Å². The Morgan fingerprint density at radius 1 is 1.37 bits per heavy atom. The van der Waals surface area contributed by atoms with E-state index in [9.17, 15) is 18.3 Å². The summed E-state index contributed by atoms with van der Waals surface area (Å²) in [5, 5.41) is 9.32. The number of likely N-dealkylation sites (tertiary alicyclic amines) is 1. The molecule has 1 amide bonds. The lowest BCUT2D eigenvalue weighted by Crippen LogP contribution is -2.39. The topological polar surface area (TPSA) is 86.7 Å². The summed E-state index contributed by atoms with van der Waals surface area (Å²) in [5.41, 5.74) is 0. The number of aliphatic hydroxyl groups excluding tert-OH is 1. The third-order valence-electron chi connectivity index (χ3n) is 2.98. The van der Waals surface area contributed by atoms with Gasteiger partial charge >= 0.3 is 0 Å². The predicted octanol–water partition coefficient (Wildman–Crippen LogP) is -0.442. The molecule has 0 bridgehead atoms. The van der Waals surface area contributed by atoms with E-state index in [-0.39, 0.29) is 23.9 Å². The monoisotopic (exact) mass is 284 g/mol. The molecule has 0 spiro atoms. The van der Waals surface area contributed by atoms with Crippen LogP contribution in [0.3, 0.4) is 0 Å². The Balaban J connectivity index is 1.93. The molecule has 1 aromatic rings. The minimum Gasteiger partial charge on any atom is -0.391 e. The summed E-state index contributed by atoms with van der Waals surface area (Å²) >= 11 is 0. The van der Waals surface area contributed by atoms with E-state index in [0.717, 1.165) is 0 Å². The number of β-amino-alcohol motifs (C(OH)–C–C–N with tert-alkyl or cyclic N) is 1. The molecule has 6 nitrogen and oxygen atoms in total. The van der Waals surface area contributed by atoms with Gasteiger partial charge in [0, 0.05) is 13.1 Å². The maximum Gasteiger partial charge on any atom is 0.241 e. The number of hydrogen-bond acceptors (Lipinski definition) is 4. The Morgan fingerprint density at radius 2 is 2.05 bits per heavy atom. The summed E-state index contributed by atoms with van der Waals surface area (Å²) in [7, 11) is -3.66. The Morgan fingerprint density at radius 3 is 2.63 bits per heavy atom. The van der Waals surface area contributed by atoms with Gasteiger partial charge in [0.05, 0.1) is 17.5 Å². The van der Waals surface area contributed by atoms with Gasteiger partial charge in [-0.05, 0) is 18.6 Å². The number of nitrogens with one attached hydrogen (secondary N) is 1. The summed E-state index contributed by atoms with van der Waals surface area (Å²) in [5.74, 6) is -0.323. The van der Waals surface area contributed by atoms with Gasteiger partial charge in [-0.25, -0.2) is 13.1 Å². The summed E-state index contributed by atoms with van der Waals surface area (Å²) in [6.45, 7) is 0.447. The van der Waals surface area contributed by atoms with Crippen molar-refractivity contribution in [2.24, 2.45) is 0 Å². The molecule has 1 saturated heterocycles. The summed E-state index contributed by atoms with van der Waals surface area (Å²) in [6.07, 6.45) is 0.0339. The van der Waals surface area contributed by atoms with Crippen LogP contribution in [0, 0.1) is 0 Å². The fourth-order valence-corrected chi connectivity index (χ4v) is 2.92. The minimum absolute atomic E-state index is 0.129. The highest BCUT2D eigenvalue weighted by atomic mass is 32.2. The molecule has 0 unspecified atom stereocenters. The third-order valence-corrected chi connectivity index (χ3v) is 4.40. The SMILES string of the molecule is O=C(CNS(=O)(=O)c1ccccc1)N1CC[C@@H](O)C1. The van der Waals surface area contributed by atoms with Gasteiger partial charge in [0.2, 0.25) is 15.9 Å². The second-order valence-electron chi connectivity index (χ2n) is 4.42. The Kier molecular flexibility index (Phi) is 4.18. The smallest absolute Gasteiger partial charge is 0.241 e.